The van der Waals surface area contributed by atoms with Gasteiger partial charge in [0.25, 0.3) is 0 Å². The van der Waals surface area contributed by atoms with Crippen molar-refractivity contribution in [2.24, 2.45) is 5.92 Å². The minimum absolute atomic E-state index is 0.524. The first-order valence-electron chi connectivity index (χ1n) is 6.64. The monoisotopic (exact) mass is 338 g/mol. The Morgan fingerprint density at radius 3 is 2.62 bits per heavy atom. The highest BCUT2D eigenvalue weighted by atomic mass is 32.2. The van der Waals surface area contributed by atoms with Crippen molar-refractivity contribution in [2.45, 2.75) is 25.1 Å². The SMILES string of the molecule is Cc1ccc(NC(=S)Nc2nnc(SCC(C)C)s2)cc1. The van der Waals surface area contributed by atoms with E-state index < -0.39 is 0 Å². The summed E-state index contributed by atoms with van der Waals surface area (Å²) in [7, 11) is 0. The first kappa shape index (κ1) is 16.2. The number of aromatic nitrogens is 2. The summed E-state index contributed by atoms with van der Waals surface area (Å²) < 4.78 is 0.962. The third-order valence-electron chi connectivity index (χ3n) is 2.48. The Kier molecular flexibility index (Phi) is 5.96. The molecule has 0 amide bonds. The highest BCUT2D eigenvalue weighted by molar-refractivity contribution is 8.01. The number of hydrogen-bond donors (Lipinski definition) is 2. The zero-order valence-corrected chi connectivity index (χ0v) is 14.7. The van der Waals surface area contributed by atoms with E-state index >= 15 is 0 Å². The highest BCUT2D eigenvalue weighted by Gasteiger charge is 2.07. The zero-order chi connectivity index (χ0) is 15.2. The second kappa shape index (κ2) is 7.72. The summed E-state index contributed by atoms with van der Waals surface area (Å²) in [4.78, 5) is 0. The largest absolute Gasteiger partial charge is 0.332 e. The van der Waals surface area contributed by atoms with Crippen molar-refractivity contribution >= 4 is 51.2 Å². The minimum Gasteiger partial charge on any atom is -0.332 e. The lowest BCUT2D eigenvalue weighted by atomic mass is 10.2. The number of thiocarbonyl (C=S) groups is 1. The van der Waals surface area contributed by atoms with Gasteiger partial charge < -0.3 is 10.6 Å². The van der Waals surface area contributed by atoms with Crippen LogP contribution < -0.4 is 10.6 Å². The van der Waals surface area contributed by atoms with Crippen LogP contribution in [0, 0.1) is 12.8 Å². The molecule has 1 aromatic carbocycles. The number of hydrogen-bond acceptors (Lipinski definition) is 5. The van der Waals surface area contributed by atoms with E-state index in [1.165, 1.54) is 16.9 Å². The summed E-state index contributed by atoms with van der Waals surface area (Å²) >= 11 is 8.52. The molecule has 0 fully saturated rings. The Labute approximate surface area is 138 Å². The number of aryl methyl sites for hydroxylation is 1. The fourth-order valence-electron chi connectivity index (χ4n) is 1.45. The number of benzene rings is 1. The number of nitrogens with one attached hydrogen (secondary N) is 2. The van der Waals surface area contributed by atoms with Crippen molar-refractivity contribution in [2.75, 3.05) is 16.4 Å². The van der Waals surface area contributed by atoms with Gasteiger partial charge in [-0.15, -0.1) is 10.2 Å². The average Bonchev–Trinajstić information content (AvgIpc) is 2.86. The standard InChI is InChI=1S/C14H18N4S3/c1-9(2)8-20-14-18-17-13(21-14)16-12(19)15-11-6-4-10(3)5-7-11/h4-7,9H,8H2,1-3H3,(H2,15,16,17,19). The molecule has 7 heteroatoms. The van der Waals surface area contributed by atoms with Gasteiger partial charge >= 0.3 is 0 Å². The van der Waals surface area contributed by atoms with Gasteiger partial charge in [-0.05, 0) is 37.2 Å². The highest BCUT2D eigenvalue weighted by Crippen LogP contribution is 2.26. The normalized spacial score (nSPS) is 10.7. The molecule has 0 bridgehead atoms. The van der Waals surface area contributed by atoms with E-state index in [0.29, 0.717) is 16.2 Å². The molecule has 0 aliphatic heterocycles. The van der Waals surface area contributed by atoms with Gasteiger partial charge in [0.2, 0.25) is 5.13 Å². The van der Waals surface area contributed by atoms with Crippen molar-refractivity contribution in [3.63, 3.8) is 0 Å². The molecule has 2 N–H and O–H groups in total. The molecule has 1 aromatic heterocycles. The van der Waals surface area contributed by atoms with Crippen LogP contribution in [0.4, 0.5) is 10.8 Å². The molecule has 0 unspecified atom stereocenters. The van der Waals surface area contributed by atoms with Gasteiger partial charge in [0.1, 0.15) is 0 Å². The summed E-state index contributed by atoms with van der Waals surface area (Å²) in [5.41, 5.74) is 2.17. The van der Waals surface area contributed by atoms with Gasteiger partial charge in [-0.25, -0.2) is 0 Å². The van der Waals surface area contributed by atoms with E-state index in [0.717, 1.165) is 15.8 Å². The Morgan fingerprint density at radius 1 is 1.24 bits per heavy atom. The van der Waals surface area contributed by atoms with Crippen LogP contribution in [0.3, 0.4) is 0 Å². The summed E-state index contributed by atoms with van der Waals surface area (Å²) in [6, 6.07) is 8.06. The van der Waals surface area contributed by atoms with E-state index in [1.807, 2.05) is 24.3 Å². The summed E-state index contributed by atoms with van der Waals surface area (Å²) in [6.07, 6.45) is 0. The predicted octanol–water partition coefficient (Wildman–Crippen LogP) is 4.40. The van der Waals surface area contributed by atoms with E-state index in [4.69, 9.17) is 12.2 Å². The number of nitrogens with zero attached hydrogens (tertiary/aromatic N) is 2. The smallest absolute Gasteiger partial charge is 0.212 e. The van der Waals surface area contributed by atoms with Crippen LogP contribution >= 0.6 is 35.3 Å². The lowest BCUT2D eigenvalue weighted by Gasteiger charge is -2.07. The molecular formula is C14H18N4S3. The lowest BCUT2D eigenvalue weighted by Crippen LogP contribution is -2.18. The van der Waals surface area contributed by atoms with E-state index in [1.54, 1.807) is 11.8 Å². The Hall–Kier alpha value is -1.18. The first-order chi connectivity index (χ1) is 10.0. The molecule has 0 spiro atoms. The Morgan fingerprint density at radius 2 is 1.95 bits per heavy atom. The van der Waals surface area contributed by atoms with Crippen LogP contribution in [0.25, 0.3) is 0 Å². The number of rotatable bonds is 5. The van der Waals surface area contributed by atoms with Crippen LogP contribution in [0.5, 0.6) is 0 Å². The third-order valence-corrected chi connectivity index (χ3v) is 5.08. The molecule has 0 saturated heterocycles. The molecule has 0 saturated carbocycles. The number of thioether (sulfide) groups is 1. The molecule has 0 radical (unpaired) electrons. The van der Waals surface area contributed by atoms with Crippen molar-refractivity contribution in [3.05, 3.63) is 29.8 Å². The average molecular weight is 339 g/mol. The molecule has 1 heterocycles. The lowest BCUT2D eigenvalue weighted by molar-refractivity contribution is 0.749. The van der Waals surface area contributed by atoms with Crippen molar-refractivity contribution < 1.29 is 0 Å². The minimum atomic E-state index is 0.524. The maximum atomic E-state index is 5.28. The molecule has 0 aliphatic carbocycles. The van der Waals surface area contributed by atoms with Crippen molar-refractivity contribution in [1.82, 2.24) is 10.2 Å². The second-order valence-electron chi connectivity index (χ2n) is 5.02. The summed E-state index contributed by atoms with van der Waals surface area (Å²) in [5.74, 6) is 1.68. The summed E-state index contributed by atoms with van der Waals surface area (Å²) in [6.45, 7) is 6.43. The molecule has 0 atom stereocenters. The van der Waals surface area contributed by atoms with Crippen molar-refractivity contribution in [1.29, 1.82) is 0 Å². The van der Waals surface area contributed by atoms with Gasteiger partial charge in [-0.2, -0.15) is 0 Å². The zero-order valence-electron chi connectivity index (χ0n) is 12.2. The van der Waals surface area contributed by atoms with Crippen molar-refractivity contribution in [3.8, 4) is 0 Å². The van der Waals surface area contributed by atoms with E-state index in [2.05, 4.69) is 41.6 Å². The maximum absolute atomic E-state index is 5.28. The van der Waals surface area contributed by atoms with Crippen LogP contribution in [-0.2, 0) is 0 Å². The van der Waals surface area contributed by atoms with Crippen LogP contribution in [-0.4, -0.2) is 21.1 Å². The first-order valence-corrected chi connectivity index (χ1v) is 8.85. The summed E-state index contributed by atoms with van der Waals surface area (Å²) in [5, 5.41) is 15.7. The second-order valence-corrected chi connectivity index (χ2v) is 7.68. The van der Waals surface area contributed by atoms with Gasteiger partial charge in [0, 0.05) is 11.4 Å². The predicted molar refractivity (Wildman–Crippen MR) is 96.5 cm³/mol. The Bertz CT molecular complexity index is 593. The number of anilines is 2. The molecule has 2 aromatic rings. The molecule has 112 valence electrons. The molecule has 4 nitrogen and oxygen atoms in total. The molecule has 0 aliphatic rings. The quantitative estimate of drug-likeness (QED) is 0.622. The van der Waals surface area contributed by atoms with E-state index in [9.17, 15) is 0 Å². The fourth-order valence-corrected chi connectivity index (χ4v) is 3.46. The van der Waals surface area contributed by atoms with Crippen LogP contribution in [0.2, 0.25) is 0 Å². The van der Waals surface area contributed by atoms with Gasteiger partial charge in [-0.1, -0.05) is 54.6 Å². The molecule has 21 heavy (non-hydrogen) atoms. The van der Waals surface area contributed by atoms with Gasteiger partial charge in [0.05, 0.1) is 0 Å². The maximum Gasteiger partial charge on any atom is 0.212 e. The topological polar surface area (TPSA) is 49.8 Å². The third kappa shape index (κ3) is 5.61. The molecular weight excluding hydrogens is 320 g/mol. The van der Waals surface area contributed by atoms with Gasteiger partial charge in [0.15, 0.2) is 9.45 Å². The van der Waals surface area contributed by atoms with E-state index in [-0.39, 0.29) is 0 Å². The van der Waals surface area contributed by atoms with Crippen LogP contribution in [0.1, 0.15) is 19.4 Å². The van der Waals surface area contributed by atoms with Gasteiger partial charge in [-0.3, -0.25) is 0 Å². The molecule has 2 rings (SSSR count). The van der Waals surface area contributed by atoms with Crippen LogP contribution in [0.15, 0.2) is 28.6 Å². The fraction of sp³-hybridized carbons (Fsp3) is 0.357. The Balaban J connectivity index is 1.86.